The van der Waals surface area contributed by atoms with Crippen molar-refractivity contribution in [1.82, 2.24) is 4.90 Å². The van der Waals surface area contributed by atoms with Crippen LogP contribution in [0.5, 0.6) is 0 Å². The van der Waals surface area contributed by atoms with Crippen molar-refractivity contribution in [3.8, 4) is 0 Å². The summed E-state index contributed by atoms with van der Waals surface area (Å²) >= 11 is 2.16. The molecule has 4 atom stereocenters. The van der Waals surface area contributed by atoms with Gasteiger partial charge in [0.1, 0.15) is 11.3 Å². The van der Waals surface area contributed by atoms with Crippen molar-refractivity contribution in [2.45, 2.75) is 43.9 Å². The van der Waals surface area contributed by atoms with E-state index in [-0.39, 0.29) is 24.4 Å². The summed E-state index contributed by atoms with van der Waals surface area (Å²) in [6.45, 7) is 2.08. The zero-order valence-electron chi connectivity index (χ0n) is 19.8. The van der Waals surface area contributed by atoms with Gasteiger partial charge >= 0.3 is 0 Å². The molecule has 3 aliphatic rings. The molecule has 1 saturated carbocycles. The number of hydrogen-bond donors (Lipinski definition) is 4. The minimum atomic E-state index is -2.76. The Bertz CT molecular complexity index is 1190. The predicted molar refractivity (Wildman–Crippen MR) is 135 cm³/mol. The molecule has 9 nitrogen and oxygen atoms in total. The third-order valence-electron chi connectivity index (χ3n) is 7.46. The summed E-state index contributed by atoms with van der Waals surface area (Å²) in [5.41, 5.74) is 1.24. The van der Waals surface area contributed by atoms with Gasteiger partial charge in [-0.1, -0.05) is 25.5 Å². The maximum absolute atomic E-state index is 13.9. The van der Waals surface area contributed by atoms with Crippen molar-refractivity contribution in [3.05, 3.63) is 49.8 Å². The summed E-state index contributed by atoms with van der Waals surface area (Å²) in [5, 5.41) is 34.3. The molecule has 0 bridgehead atoms. The van der Waals surface area contributed by atoms with E-state index in [4.69, 9.17) is 10.5 Å². The van der Waals surface area contributed by atoms with Crippen LogP contribution < -0.4 is 5.73 Å². The lowest BCUT2D eigenvalue weighted by atomic mass is 9.56. The van der Waals surface area contributed by atoms with Gasteiger partial charge < -0.3 is 25.8 Å². The average molecular weight is 596 g/mol. The van der Waals surface area contributed by atoms with E-state index in [2.05, 4.69) is 22.6 Å². The van der Waals surface area contributed by atoms with Crippen LogP contribution in [0.2, 0.25) is 0 Å². The van der Waals surface area contributed by atoms with Gasteiger partial charge in [-0.15, -0.1) is 0 Å². The summed E-state index contributed by atoms with van der Waals surface area (Å²) in [7, 11) is 3.15. The van der Waals surface area contributed by atoms with Gasteiger partial charge in [-0.25, -0.2) is 0 Å². The van der Waals surface area contributed by atoms with Crippen LogP contribution in [0.15, 0.2) is 35.1 Å². The third kappa shape index (κ3) is 3.48. The van der Waals surface area contributed by atoms with E-state index in [0.717, 1.165) is 15.6 Å². The Morgan fingerprint density at radius 3 is 2.54 bits per heavy atom. The Morgan fingerprint density at radius 1 is 1.26 bits per heavy atom. The summed E-state index contributed by atoms with van der Waals surface area (Å²) in [4.78, 5) is 41.2. The van der Waals surface area contributed by atoms with Crippen molar-refractivity contribution in [1.29, 1.82) is 0 Å². The molecule has 0 spiro atoms. The number of likely N-dealkylation sites (N-methyl/N-ethyl adjacent to an activating group) is 1. The number of aliphatic hydroxyl groups excluding tert-OH is 2. The number of unbranched alkanes of at least 4 members (excludes halogenated alkanes) is 1. The molecule has 188 valence electrons. The second-order valence-corrected chi connectivity index (χ2v) is 10.7. The third-order valence-corrected chi connectivity index (χ3v) is 8.47. The maximum atomic E-state index is 13.9. The van der Waals surface area contributed by atoms with Crippen molar-refractivity contribution in [2.75, 3.05) is 20.7 Å². The summed E-state index contributed by atoms with van der Waals surface area (Å²) in [6.07, 6.45) is 1.80. The number of ether oxygens (including phenoxy) is 1. The quantitative estimate of drug-likeness (QED) is 0.128. The number of carbonyl (C=O) groups excluding carboxylic acids is 3. The van der Waals surface area contributed by atoms with E-state index < -0.39 is 52.0 Å². The molecule has 0 saturated heterocycles. The highest BCUT2D eigenvalue weighted by molar-refractivity contribution is 14.1. The van der Waals surface area contributed by atoms with Gasteiger partial charge in [0.15, 0.2) is 17.1 Å². The number of nitrogens with zero attached hydrogens (tertiary/aromatic N) is 1. The zero-order chi connectivity index (χ0) is 25.9. The number of nitrogens with two attached hydrogens (primary N) is 1. The van der Waals surface area contributed by atoms with Gasteiger partial charge in [0, 0.05) is 21.3 Å². The fraction of sp³-hybridized carbons (Fsp3) is 0.480. The summed E-state index contributed by atoms with van der Waals surface area (Å²) in [6, 6.07) is 5.33. The second-order valence-electron chi connectivity index (χ2n) is 9.52. The molecule has 5 N–H and O–H groups in total. The smallest absolute Gasteiger partial charge is 0.256 e. The first-order chi connectivity index (χ1) is 16.4. The average Bonchev–Trinajstić information content (AvgIpc) is 2.79. The number of hydrogen-bond acceptors (Lipinski definition) is 8. The van der Waals surface area contributed by atoms with Crippen molar-refractivity contribution >= 4 is 45.8 Å². The highest BCUT2D eigenvalue weighted by atomic mass is 127. The maximum Gasteiger partial charge on any atom is 0.256 e. The predicted octanol–water partition coefficient (Wildman–Crippen LogP) is 2.01. The minimum absolute atomic E-state index is 0.0399. The van der Waals surface area contributed by atoms with Crippen LogP contribution in [0.25, 0.3) is 5.76 Å². The number of halogens is 1. The van der Waals surface area contributed by atoms with Gasteiger partial charge in [0.05, 0.1) is 5.92 Å². The molecule has 1 aromatic carbocycles. The molecular formula is C25H29IN2O7. The number of amides is 1. The van der Waals surface area contributed by atoms with Crippen LogP contribution >= 0.6 is 22.6 Å². The van der Waals surface area contributed by atoms with E-state index in [0.29, 0.717) is 18.4 Å². The van der Waals surface area contributed by atoms with Crippen LogP contribution in [-0.4, -0.2) is 69.7 Å². The van der Waals surface area contributed by atoms with Crippen molar-refractivity contribution in [2.24, 2.45) is 17.6 Å². The van der Waals surface area contributed by atoms with Gasteiger partial charge in [0.2, 0.25) is 11.6 Å². The highest BCUT2D eigenvalue weighted by Crippen LogP contribution is 2.55. The van der Waals surface area contributed by atoms with Crippen LogP contribution in [-0.2, 0) is 25.5 Å². The first-order valence-corrected chi connectivity index (χ1v) is 12.6. The van der Waals surface area contributed by atoms with E-state index in [1.807, 2.05) is 13.0 Å². The minimum Gasteiger partial charge on any atom is -0.507 e. The molecular weight excluding hydrogens is 567 g/mol. The number of primary amides is 1. The van der Waals surface area contributed by atoms with E-state index in [9.17, 15) is 29.7 Å². The first kappa shape index (κ1) is 25.8. The molecule has 1 amide bonds. The van der Waals surface area contributed by atoms with Crippen LogP contribution in [0.1, 0.15) is 37.3 Å². The van der Waals surface area contributed by atoms with Gasteiger partial charge in [-0.2, -0.15) is 0 Å². The molecule has 3 aliphatic carbocycles. The Hall–Kier alpha value is -2.28. The Balaban J connectivity index is 1.98. The molecule has 0 aromatic heterocycles. The van der Waals surface area contributed by atoms with Crippen LogP contribution in [0, 0.1) is 15.4 Å². The van der Waals surface area contributed by atoms with Crippen molar-refractivity contribution < 1.29 is 34.4 Å². The number of fused-ring (bicyclic) bond motifs is 3. The number of ketones is 2. The van der Waals surface area contributed by atoms with E-state index in [1.165, 1.54) is 4.90 Å². The lowest BCUT2D eigenvalue weighted by molar-refractivity contribution is -0.224. The van der Waals surface area contributed by atoms with Gasteiger partial charge in [-0.3, -0.25) is 19.3 Å². The number of aliphatic hydroxyl groups is 3. The second kappa shape index (κ2) is 8.99. The molecule has 4 rings (SSSR count). The first-order valence-electron chi connectivity index (χ1n) is 11.5. The lowest BCUT2D eigenvalue weighted by Gasteiger charge is -2.55. The SMILES string of the molecule is CCCCOC1(N(C)C)C(O)=C(C(N)=O)C(=O)C2(O)C(=O)C3=C(O)c4cccc(I)c4CC3CC21. The topological polar surface area (TPSA) is 150 Å². The number of carbonyl (C=O) groups is 3. The van der Waals surface area contributed by atoms with Crippen LogP contribution in [0.3, 0.4) is 0 Å². The Kier molecular flexibility index (Phi) is 6.62. The van der Waals surface area contributed by atoms with Gasteiger partial charge in [0.25, 0.3) is 5.91 Å². The molecule has 0 heterocycles. The summed E-state index contributed by atoms with van der Waals surface area (Å²) < 4.78 is 7.07. The normalized spacial score (nSPS) is 30.3. The molecule has 10 heteroatoms. The zero-order valence-corrected chi connectivity index (χ0v) is 22.0. The number of benzene rings is 1. The molecule has 4 unspecified atom stereocenters. The number of Topliss-reactive ketones (excluding diaryl/α,β-unsaturated/α-hetero) is 2. The fourth-order valence-electron chi connectivity index (χ4n) is 5.76. The lowest BCUT2D eigenvalue weighted by Crippen LogP contribution is -2.73. The Morgan fingerprint density at radius 2 is 1.94 bits per heavy atom. The molecule has 0 radical (unpaired) electrons. The van der Waals surface area contributed by atoms with Crippen molar-refractivity contribution in [3.63, 3.8) is 0 Å². The number of rotatable bonds is 6. The molecule has 35 heavy (non-hydrogen) atoms. The van der Waals surface area contributed by atoms with Gasteiger partial charge in [-0.05, 0) is 73.5 Å². The molecule has 1 aromatic rings. The fourth-order valence-corrected chi connectivity index (χ4v) is 6.47. The Labute approximate surface area is 216 Å². The largest absolute Gasteiger partial charge is 0.507 e. The standard InChI is InChI=1S/C25H29IN2O7/c1-4-5-9-35-25(28(2)3)16-11-12-10-14-13(7-6-8-15(14)26)19(29)17(12)20(30)24(16,34)21(31)18(22(25)32)23(27)33/h6-8,12,16,29,32,34H,4-5,9-11H2,1-3H3,(H2,27,33). The van der Waals surface area contributed by atoms with E-state index >= 15 is 0 Å². The van der Waals surface area contributed by atoms with Crippen LogP contribution in [0.4, 0.5) is 0 Å². The molecule has 0 aliphatic heterocycles. The monoisotopic (exact) mass is 596 g/mol. The van der Waals surface area contributed by atoms with E-state index in [1.54, 1.807) is 26.2 Å². The molecule has 1 fully saturated rings. The highest BCUT2D eigenvalue weighted by Gasteiger charge is 2.70. The summed E-state index contributed by atoms with van der Waals surface area (Å²) in [5.74, 6) is -6.34.